The number of aryl methyl sites for hydroxylation is 1. The molecule has 0 radical (unpaired) electrons. The van der Waals surface area contributed by atoms with Crippen molar-refractivity contribution in [1.29, 1.82) is 0 Å². The highest BCUT2D eigenvalue weighted by Crippen LogP contribution is 2.36. The summed E-state index contributed by atoms with van der Waals surface area (Å²) in [5, 5.41) is 5.93. The monoisotopic (exact) mass is 458 g/mol. The maximum Gasteiger partial charge on any atom is 0.143 e. The van der Waals surface area contributed by atoms with Gasteiger partial charge in [-0.3, -0.25) is 0 Å². The van der Waals surface area contributed by atoms with E-state index in [4.69, 9.17) is 28.2 Å². The molecule has 0 atom stereocenters. The summed E-state index contributed by atoms with van der Waals surface area (Å²) in [5.74, 6) is 0.701. The van der Waals surface area contributed by atoms with Crippen molar-refractivity contribution in [3.8, 4) is 33.9 Å². The summed E-state index contributed by atoms with van der Waals surface area (Å²) < 4.78 is 1.79. The fourth-order valence-electron chi connectivity index (χ4n) is 3.80. The molecular formula is C26H20Cl2N4. The molecule has 6 heteroatoms. The average Bonchev–Trinajstić information content (AvgIpc) is 3.37. The number of nitrogens with one attached hydrogen (secondary N) is 1. The number of hydrogen-bond donors (Lipinski definition) is 1. The third-order valence-electron chi connectivity index (χ3n) is 5.36. The van der Waals surface area contributed by atoms with Crippen LogP contribution in [0.25, 0.3) is 33.9 Å². The van der Waals surface area contributed by atoms with Crippen LogP contribution in [0.15, 0.2) is 84.9 Å². The minimum absolute atomic E-state index is 0.547. The topological polar surface area (TPSA) is 46.5 Å². The van der Waals surface area contributed by atoms with E-state index in [0.717, 1.165) is 39.3 Å². The molecule has 158 valence electrons. The number of halogens is 2. The van der Waals surface area contributed by atoms with Gasteiger partial charge in [-0.2, -0.15) is 5.10 Å². The molecule has 0 bridgehead atoms. The third kappa shape index (κ3) is 3.95. The zero-order valence-electron chi connectivity index (χ0n) is 17.4. The van der Waals surface area contributed by atoms with E-state index in [2.05, 4.69) is 34.3 Å². The van der Waals surface area contributed by atoms with E-state index < -0.39 is 0 Å². The van der Waals surface area contributed by atoms with Gasteiger partial charge in [-0.1, -0.05) is 96.0 Å². The molecule has 0 amide bonds. The van der Waals surface area contributed by atoms with Gasteiger partial charge >= 0.3 is 0 Å². The van der Waals surface area contributed by atoms with Gasteiger partial charge in [0.15, 0.2) is 0 Å². The summed E-state index contributed by atoms with van der Waals surface area (Å²) >= 11 is 12.8. The highest BCUT2D eigenvalue weighted by atomic mass is 35.5. The molecule has 0 saturated carbocycles. The minimum atomic E-state index is 0.547. The highest BCUT2D eigenvalue weighted by molar-refractivity contribution is 6.32. The number of imidazole rings is 1. The fraction of sp³-hybridized carbons (Fsp3) is 0.0769. The maximum atomic E-state index is 6.81. The smallest absolute Gasteiger partial charge is 0.143 e. The quantitative estimate of drug-likeness (QED) is 0.300. The molecule has 0 aliphatic carbocycles. The van der Waals surface area contributed by atoms with Crippen LogP contribution in [0.2, 0.25) is 10.2 Å². The van der Waals surface area contributed by atoms with Gasteiger partial charge in [0.1, 0.15) is 11.0 Å². The highest BCUT2D eigenvalue weighted by Gasteiger charge is 2.22. The van der Waals surface area contributed by atoms with Crippen LogP contribution in [0.5, 0.6) is 0 Å². The molecule has 0 unspecified atom stereocenters. The molecule has 3 aromatic carbocycles. The molecule has 5 rings (SSSR count). The Labute approximate surface area is 196 Å². The second kappa shape index (κ2) is 8.65. The number of aromatic amines is 1. The first kappa shape index (κ1) is 20.6. The molecule has 0 aliphatic rings. The van der Waals surface area contributed by atoms with Crippen LogP contribution < -0.4 is 0 Å². The molecule has 0 aliphatic heterocycles. The SMILES string of the molecule is Cc1nn(Cc2ccc(Cl)cc2)c(Cl)c1-c1nc(-c2ccccc2)c(-c2ccccc2)[nH]1. The Hall–Kier alpha value is -3.34. The van der Waals surface area contributed by atoms with E-state index in [1.165, 1.54) is 0 Å². The van der Waals surface area contributed by atoms with Crippen LogP contribution in [-0.4, -0.2) is 19.7 Å². The van der Waals surface area contributed by atoms with Crippen molar-refractivity contribution in [2.24, 2.45) is 0 Å². The Kier molecular flexibility index (Phi) is 5.56. The molecule has 32 heavy (non-hydrogen) atoms. The molecule has 2 aromatic heterocycles. The Balaban J connectivity index is 1.60. The van der Waals surface area contributed by atoms with Crippen LogP contribution in [-0.2, 0) is 6.54 Å². The van der Waals surface area contributed by atoms with Gasteiger partial charge in [0.2, 0.25) is 0 Å². The van der Waals surface area contributed by atoms with Gasteiger partial charge in [-0.25, -0.2) is 9.67 Å². The fourth-order valence-corrected chi connectivity index (χ4v) is 4.25. The summed E-state index contributed by atoms with van der Waals surface area (Å²) in [6.45, 7) is 2.50. The number of H-pyrrole nitrogens is 1. The van der Waals surface area contributed by atoms with Crippen molar-refractivity contribution in [1.82, 2.24) is 19.7 Å². The van der Waals surface area contributed by atoms with Crippen LogP contribution >= 0.6 is 23.2 Å². The molecule has 2 heterocycles. The Morgan fingerprint density at radius 3 is 2.09 bits per heavy atom. The van der Waals surface area contributed by atoms with Crippen molar-refractivity contribution < 1.29 is 0 Å². The Morgan fingerprint density at radius 1 is 0.812 bits per heavy atom. The van der Waals surface area contributed by atoms with E-state index >= 15 is 0 Å². The van der Waals surface area contributed by atoms with Crippen LogP contribution in [0.1, 0.15) is 11.3 Å². The Morgan fingerprint density at radius 2 is 1.44 bits per heavy atom. The second-order valence-electron chi connectivity index (χ2n) is 7.58. The number of benzene rings is 3. The molecule has 0 spiro atoms. The van der Waals surface area contributed by atoms with Crippen molar-refractivity contribution in [3.05, 3.63) is 106 Å². The normalized spacial score (nSPS) is 11.1. The molecule has 0 saturated heterocycles. The van der Waals surface area contributed by atoms with Crippen molar-refractivity contribution >= 4 is 23.2 Å². The summed E-state index contributed by atoms with van der Waals surface area (Å²) in [6.07, 6.45) is 0. The first-order chi connectivity index (χ1) is 15.6. The number of aromatic nitrogens is 4. The van der Waals surface area contributed by atoms with E-state index in [1.54, 1.807) is 4.68 Å². The number of hydrogen-bond acceptors (Lipinski definition) is 2. The molecule has 1 N–H and O–H groups in total. The van der Waals surface area contributed by atoms with Crippen LogP contribution in [0.3, 0.4) is 0 Å². The number of nitrogens with zero attached hydrogens (tertiary/aromatic N) is 3. The first-order valence-corrected chi connectivity index (χ1v) is 11.0. The molecule has 5 aromatic rings. The average molecular weight is 459 g/mol. The van der Waals surface area contributed by atoms with E-state index in [0.29, 0.717) is 22.5 Å². The van der Waals surface area contributed by atoms with Crippen molar-refractivity contribution in [3.63, 3.8) is 0 Å². The zero-order valence-corrected chi connectivity index (χ0v) is 18.9. The standard InChI is InChI=1S/C26H20Cl2N4/c1-17-22(25(28)32(31-17)16-18-12-14-21(27)15-13-18)26-29-23(19-8-4-2-5-9-19)24(30-26)20-10-6-3-7-11-20/h2-15H,16H2,1H3,(H,29,30). The van der Waals surface area contributed by atoms with Gasteiger partial charge in [-0.05, 0) is 24.6 Å². The van der Waals surface area contributed by atoms with Crippen molar-refractivity contribution in [2.45, 2.75) is 13.5 Å². The van der Waals surface area contributed by atoms with Gasteiger partial charge in [-0.15, -0.1) is 0 Å². The zero-order chi connectivity index (χ0) is 22.1. The van der Waals surface area contributed by atoms with Gasteiger partial charge < -0.3 is 4.98 Å². The second-order valence-corrected chi connectivity index (χ2v) is 8.37. The third-order valence-corrected chi connectivity index (χ3v) is 6.00. The maximum absolute atomic E-state index is 6.81. The molecular weight excluding hydrogens is 439 g/mol. The summed E-state index contributed by atoms with van der Waals surface area (Å²) in [5.41, 5.74) is 6.63. The van der Waals surface area contributed by atoms with Crippen LogP contribution in [0.4, 0.5) is 0 Å². The predicted octanol–water partition coefficient (Wildman–Crippen LogP) is 7.27. The van der Waals surface area contributed by atoms with Gasteiger partial charge in [0.25, 0.3) is 0 Å². The molecule has 4 nitrogen and oxygen atoms in total. The summed E-state index contributed by atoms with van der Waals surface area (Å²) in [6, 6.07) is 28.0. The Bertz CT molecular complexity index is 1300. The van der Waals surface area contributed by atoms with E-state index in [-0.39, 0.29) is 0 Å². The predicted molar refractivity (Wildman–Crippen MR) is 131 cm³/mol. The van der Waals surface area contributed by atoms with Crippen LogP contribution in [0, 0.1) is 6.92 Å². The molecule has 0 fully saturated rings. The number of rotatable bonds is 5. The van der Waals surface area contributed by atoms with Crippen molar-refractivity contribution in [2.75, 3.05) is 0 Å². The summed E-state index contributed by atoms with van der Waals surface area (Å²) in [4.78, 5) is 8.48. The summed E-state index contributed by atoms with van der Waals surface area (Å²) in [7, 11) is 0. The largest absolute Gasteiger partial charge is 0.337 e. The minimum Gasteiger partial charge on any atom is -0.337 e. The lowest BCUT2D eigenvalue weighted by Crippen LogP contribution is -2.01. The van der Waals surface area contributed by atoms with E-state index in [1.807, 2.05) is 67.6 Å². The van der Waals surface area contributed by atoms with E-state index in [9.17, 15) is 0 Å². The van der Waals surface area contributed by atoms with Gasteiger partial charge in [0, 0.05) is 16.1 Å². The van der Waals surface area contributed by atoms with Gasteiger partial charge in [0.05, 0.1) is 29.2 Å². The lowest BCUT2D eigenvalue weighted by molar-refractivity contribution is 0.680. The first-order valence-electron chi connectivity index (χ1n) is 10.3. The lowest BCUT2D eigenvalue weighted by atomic mass is 10.1. The lowest BCUT2D eigenvalue weighted by Gasteiger charge is -2.04.